The molecule has 1 N–H and O–H groups in total. The lowest BCUT2D eigenvalue weighted by atomic mass is 10.0. The van der Waals surface area contributed by atoms with Gasteiger partial charge in [0, 0.05) is 31.2 Å². The first-order chi connectivity index (χ1) is 8.16. The van der Waals surface area contributed by atoms with Crippen LogP contribution in [0.1, 0.15) is 25.7 Å². The number of rotatable bonds is 4. The van der Waals surface area contributed by atoms with Crippen molar-refractivity contribution in [1.29, 1.82) is 0 Å². The number of hydrogen-bond acceptors (Lipinski definition) is 3. The predicted octanol–water partition coefficient (Wildman–Crippen LogP) is 1.45. The molecule has 2 aliphatic rings. The zero-order valence-corrected chi connectivity index (χ0v) is 10.7. The van der Waals surface area contributed by atoms with Crippen molar-refractivity contribution in [3.05, 3.63) is 0 Å². The van der Waals surface area contributed by atoms with Crippen LogP contribution in [0.25, 0.3) is 0 Å². The average Bonchev–Trinajstić information content (AvgIpc) is 2.97. The monoisotopic (exact) mass is 257 g/mol. The zero-order valence-electron chi connectivity index (χ0n) is 9.93. The quantitative estimate of drug-likeness (QED) is 0.828. The van der Waals surface area contributed by atoms with Crippen LogP contribution in [0, 0.1) is 11.8 Å². The van der Waals surface area contributed by atoms with Gasteiger partial charge in [-0.25, -0.2) is 0 Å². The van der Waals surface area contributed by atoms with Crippen LogP contribution >= 0.6 is 11.8 Å². The Bertz CT molecular complexity index is 302. The lowest BCUT2D eigenvalue weighted by molar-refractivity contribution is -0.137. The van der Waals surface area contributed by atoms with Crippen molar-refractivity contribution in [1.82, 2.24) is 4.90 Å². The van der Waals surface area contributed by atoms with Crippen molar-refractivity contribution >= 4 is 23.6 Å². The highest BCUT2D eigenvalue weighted by Gasteiger charge is 2.32. The largest absolute Gasteiger partial charge is 0.481 e. The van der Waals surface area contributed by atoms with Crippen molar-refractivity contribution in [3.63, 3.8) is 0 Å². The maximum absolute atomic E-state index is 12.1. The van der Waals surface area contributed by atoms with E-state index in [1.807, 2.05) is 16.7 Å². The molecule has 0 aromatic carbocycles. The van der Waals surface area contributed by atoms with E-state index in [0.717, 1.165) is 37.4 Å². The highest BCUT2D eigenvalue weighted by Crippen LogP contribution is 2.28. The van der Waals surface area contributed by atoms with Crippen LogP contribution in [0.3, 0.4) is 0 Å². The number of thioether (sulfide) groups is 1. The molecule has 96 valence electrons. The molecule has 1 amide bonds. The second-order valence-corrected chi connectivity index (χ2v) is 6.08. The number of nitrogens with zero attached hydrogens (tertiary/aromatic N) is 1. The van der Waals surface area contributed by atoms with Crippen LogP contribution in [0.15, 0.2) is 0 Å². The van der Waals surface area contributed by atoms with Crippen LogP contribution in [-0.4, -0.2) is 46.5 Å². The van der Waals surface area contributed by atoms with Crippen LogP contribution in [0.4, 0.5) is 0 Å². The average molecular weight is 257 g/mol. The van der Waals surface area contributed by atoms with E-state index in [0.29, 0.717) is 18.2 Å². The summed E-state index contributed by atoms with van der Waals surface area (Å²) in [5, 5.41) is 8.64. The normalized spacial score (nSPS) is 28.6. The van der Waals surface area contributed by atoms with Crippen LogP contribution in [0.2, 0.25) is 0 Å². The van der Waals surface area contributed by atoms with Crippen LogP contribution in [-0.2, 0) is 9.59 Å². The summed E-state index contributed by atoms with van der Waals surface area (Å²) in [6.45, 7) is 1.59. The van der Waals surface area contributed by atoms with Gasteiger partial charge in [-0.2, -0.15) is 11.8 Å². The van der Waals surface area contributed by atoms with Gasteiger partial charge >= 0.3 is 5.97 Å². The molecule has 2 saturated heterocycles. The fourth-order valence-electron chi connectivity index (χ4n) is 2.58. The SMILES string of the molecule is O=C(O)CCC1CCN(C(=O)C2CCSC2)C1. The van der Waals surface area contributed by atoms with Crippen molar-refractivity contribution in [2.45, 2.75) is 25.7 Å². The molecule has 2 unspecified atom stereocenters. The minimum Gasteiger partial charge on any atom is -0.481 e. The van der Waals surface area contributed by atoms with Gasteiger partial charge in [-0.15, -0.1) is 0 Å². The minimum atomic E-state index is -0.734. The molecule has 17 heavy (non-hydrogen) atoms. The Morgan fingerprint density at radius 2 is 2.18 bits per heavy atom. The summed E-state index contributed by atoms with van der Waals surface area (Å²) in [5.74, 6) is 2.25. The molecule has 2 atom stereocenters. The van der Waals surface area contributed by atoms with E-state index in [1.54, 1.807) is 0 Å². The van der Waals surface area contributed by atoms with Crippen LogP contribution < -0.4 is 0 Å². The number of carboxylic acids is 1. The van der Waals surface area contributed by atoms with E-state index in [4.69, 9.17) is 5.11 Å². The molecule has 2 fully saturated rings. The van der Waals surface area contributed by atoms with Gasteiger partial charge < -0.3 is 10.0 Å². The lowest BCUT2D eigenvalue weighted by Gasteiger charge is -2.20. The number of carbonyl (C=O) groups excluding carboxylic acids is 1. The highest BCUT2D eigenvalue weighted by molar-refractivity contribution is 7.99. The second kappa shape index (κ2) is 5.76. The van der Waals surface area contributed by atoms with E-state index in [1.165, 1.54) is 0 Å². The Labute approximate surface area is 106 Å². The first kappa shape index (κ1) is 12.7. The van der Waals surface area contributed by atoms with E-state index in [9.17, 15) is 9.59 Å². The first-order valence-electron chi connectivity index (χ1n) is 6.25. The minimum absolute atomic E-state index is 0.221. The Hall–Kier alpha value is -0.710. The van der Waals surface area contributed by atoms with Gasteiger partial charge in [-0.1, -0.05) is 0 Å². The molecule has 0 radical (unpaired) electrons. The lowest BCUT2D eigenvalue weighted by Crippen LogP contribution is -2.34. The molecule has 0 spiro atoms. The van der Waals surface area contributed by atoms with Crippen molar-refractivity contribution < 1.29 is 14.7 Å². The van der Waals surface area contributed by atoms with Gasteiger partial charge in [0.1, 0.15) is 0 Å². The summed E-state index contributed by atoms with van der Waals surface area (Å²) in [5.41, 5.74) is 0. The molecule has 5 heteroatoms. The maximum Gasteiger partial charge on any atom is 0.303 e. The van der Waals surface area contributed by atoms with Gasteiger partial charge in [0.05, 0.1) is 0 Å². The van der Waals surface area contributed by atoms with E-state index < -0.39 is 5.97 Å². The van der Waals surface area contributed by atoms with Crippen molar-refractivity contribution in [3.8, 4) is 0 Å². The molecule has 2 rings (SSSR count). The Morgan fingerprint density at radius 1 is 1.35 bits per heavy atom. The molecular weight excluding hydrogens is 238 g/mol. The third kappa shape index (κ3) is 3.37. The number of aliphatic carboxylic acids is 1. The van der Waals surface area contributed by atoms with E-state index in [2.05, 4.69) is 0 Å². The number of likely N-dealkylation sites (tertiary alicyclic amines) is 1. The predicted molar refractivity (Wildman–Crippen MR) is 67.0 cm³/mol. The fourth-order valence-corrected chi connectivity index (χ4v) is 3.80. The topological polar surface area (TPSA) is 57.6 Å². The molecule has 0 aromatic heterocycles. The molecule has 2 heterocycles. The molecule has 0 bridgehead atoms. The molecule has 0 aliphatic carbocycles. The third-order valence-electron chi connectivity index (χ3n) is 3.64. The maximum atomic E-state index is 12.1. The molecule has 0 saturated carbocycles. The Morgan fingerprint density at radius 3 is 2.82 bits per heavy atom. The summed E-state index contributed by atoms with van der Waals surface area (Å²) in [6.07, 6.45) is 2.92. The summed E-state index contributed by atoms with van der Waals surface area (Å²) in [7, 11) is 0. The van der Waals surface area contributed by atoms with Gasteiger partial charge in [-0.3, -0.25) is 9.59 Å². The van der Waals surface area contributed by atoms with Gasteiger partial charge in [0.15, 0.2) is 0 Å². The van der Waals surface area contributed by atoms with Crippen molar-refractivity contribution in [2.24, 2.45) is 11.8 Å². The smallest absolute Gasteiger partial charge is 0.303 e. The summed E-state index contributed by atoms with van der Waals surface area (Å²) in [6, 6.07) is 0. The molecule has 2 aliphatic heterocycles. The summed E-state index contributed by atoms with van der Waals surface area (Å²) >= 11 is 1.86. The van der Waals surface area contributed by atoms with Crippen LogP contribution in [0.5, 0.6) is 0 Å². The van der Waals surface area contributed by atoms with Gasteiger partial charge in [0.2, 0.25) is 5.91 Å². The number of hydrogen-bond donors (Lipinski definition) is 1. The number of carbonyl (C=O) groups is 2. The Kier molecular flexibility index (Phi) is 4.31. The third-order valence-corrected chi connectivity index (χ3v) is 4.81. The number of carboxylic acid groups (broad SMARTS) is 1. The van der Waals surface area contributed by atoms with Crippen molar-refractivity contribution in [2.75, 3.05) is 24.6 Å². The second-order valence-electron chi connectivity index (χ2n) is 4.93. The standard InChI is InChI=1S/C12H19NO3S/c14-11(15)2-1-9-3-5-13(7-9)12(16)10-4-6-17-8-10/h9-10H,1-8H2,(H,14,15). The number of amides is 1. The van der Waals surface area contributed by atoms with Gasteiger partial charge in [-0.05, 0) is 30.9 Å². The fraction of sp³-hybridized carbons (Fsp3) is 0.833. The highest BCUT2D eigenvalue weighted by atomic mass is 32.2. The molecule has 0 aromatic rings. The first-order valence-corrected chi connectivity index (χ1v) is 7.40. The summed E-state index contributed by atoms with van der Waals surface area (Å²) in [4.78, 5) is 24.6. The summed E-state index contributed by atoms with van der Waals surface area (Å²) < 4.78 is 0. The molecular formula is C12H19NO3S. The van der Waals surface area contributed by atoms with Gasteiger partial charge in [0.25, 0.3) is 0 Å². The zero-order chi connectivity index (χ0) is 12.3. The van der Waals surface area contributed by atoms with E-state index >= 15 is 0 Å². The Balaban J connectivity index is 1.76. The molecule has 4 nitrogen and oxygen atoms in total. The van der Waals surface area contributed by atoms with E-state index in [-0.39, 0.29) is 12.3 Å².